The first-order valence-corrected chi connectivity index (χ1v) is 8.05. The highest BCUT2D eigenvalue weighted by molar-refractivity contribution is 9.10. The average molecular weight is 436 g/mol. The van der Waals surface area contributed by atoms with Gasteiger partial charge in [0.05, 0.1) is 11.3 Å². The maximum absolute atomic E-state index is 12.3. The highest BCUT2D eigenvalue weighted by Crippen LogP contribution is 2.30. The Bertz CT molecular complexity index is 691. The van der Waals surface area contributed by atoms with Crippen molar-refractivity contribution in [3.05, 3.63) is 55.4 Å². The summed E-state index contributed by atoms with van der Waals surface area (Å²) in [5.74, 6) is -0.233. The van der Waals surface area contributed by atoms with Crippen LogP contribution in [0.25, 0.3) is 0 Å². The van der Waals surface area contributed by atoms with E-state index < -0.39 is 0 Å². The summed E-state index contributed by atoms with van der Waals surface area (Å²) in [5.41, 5.74) is 2.07. The molecule has 0 saturated carbocycles. The molecule has 0 heterocycles. The molecule has 0 aliphatic carbocycles. The number of halogens is 3. The zero-order valence-corrected chi connectivity index (χ0v) is 15.2. The topological polar surface area (TPSA) is 29.1 Å². The van der Waals surface area contributed by atoms with Crippen molar-refractivity contribution < 1.29 is 4.79 Å². The van der Waals surface area contributed by atoms with E-state index in [4.69, 9.17) is 11.6 Å². The Morgan fingerprint density at radius 3 is 2.60 bits per heavy atom. The molecule has 0 aliphatic rings. The molecular formula is C14H10Br2ClNOS. The molecule has 0 radical (unpaired) electrons. The summed E-state index contributed by atoms with van der Waals surface area (Å²) >= 11 is 17.1. The summed E-state index contributed by atoms with van der Waals surface area (Å²) in [6.07, 6.45) is 0. The van der Waals surface area contributed by atoms with E-state index in [0.29, 0.717) is 21.2 Å². The first kappa shape index (κ1) is 15.9. The Hall–Kier alpha value is -0.490. The summed E-state index contributed by atoms with van der Waals surface area (Å²) in [5, 5.41) is 3.42. The lowest BCUT2D eigenvalue weighted by Gasteiger charge is -2.11. The van der Waals surface area contributed by atoms with Gasteiger partial charge in [0, 0.05) is 18.9 Å². The molecule has 6 heteroatoms. The zero-order chi connectivity index (χ0) is 14.9. The van der Waals surface area contributed by atoms with Crippen LogP contribution in [0, 0.1) is 6.92 Å². The van der Waals surface area contributed by atoms with Gasteiger partial charge in [-0.2, -0.15) is 0 Å². The monoisotopic (exact) mass is 433 g/mol. The predicted octanol–water partition coefficient (Wildman–Crippen LogP) is 5.71. The predicted molar refractivity (Wildman–Crippen MR) is 93.2 cm³/mol. The van der Waals surface area contributed by atoms with Gasteiger partial charge in [-0.15, -0.1) is 12.6 Å². The van der Waals surface area contributed by atoms with Crippen LogP contribution in [0.4, 0.5) is 5.69 Å². The van der Waals surface area contributed by atoms with Gasteiger partial charge in [-0.1, -0.05) is 27.5 Å². The maximum Gasteiger partial charge on any atom is 0.256 e. The number of amides is 1. The smallest absolute Gasteiger partial charge is 0.256 e. The molecule has 104 valence electrons. The molecule has 0 fully saturated rings. The van der Waals surface area contributed by atoms with Crippen molar-refractivity contribution in [3.8, 4) is 0 Å². The van der Waals surface area contributed by atoms with Crippen LogP contribution in [0.15, 0.2) is 44.2 Å². The van der Waals surface area contributed by atoms with Gasteiger partial charge >= 0.3 is 0 Å². The highest BCUT2D eigenvalue weighted by Gasteiger charge is 2.12. The highest BCUT2D eigenvalue weighted by atomic mass is 79.9. The van der Waals surface area contributed by atoms with Crippen molar-refractivity contribution in [3.63, 3.8) is 0 Å². The minimum Gasteiger partial charge on any atom is -0.321 e. The average Bonchev–Trinajstić information content (AvgIpc) is 2.35. The number of carbonyl (C=O) groups is 1. The minimum atomic E-state index is -0.233. The second kappa shape index (κ2) is 6.52. The standard InChI is InChI=1S/C14H10Br2ClNOS/c1-7-4-10(16)12(6-11(7)17)18-14(19)9-3-2-8(15)5-13(9)20/h2-6,20H,1H3,(H,18,19). The maximum atomic E-state index is 12.3. The number of hydrogen-bond acceptors (Lipinski definition) is 2. The summed E-state index contributed by atoms with van der Waals surface area (Å²) in [6.45, 7) is 1.90. The van der Waals surface area contributed by atoms with Crippen LogP contribution in [-0.2, 0) is 0 Å². The fraction of sp³-hybridized carbons (Fsp3) is 0.0714. The molecule has 2 rings (SSSR count). The van der Waals surface area contributed by atoms with Crippen molar-refractivity contribution in [2.45, 2.75) is 11.8 Å². The molecular weight excluding hydrogens is 425 g/mol. The Kier molecular flexibility index (Phi) is 5.18. The Morgan fingerprint density at radius 2 is 1.95 bits per heavy atom. The molecule has 2 aromatic rings. The van der Waals surface area contributed by atoms with Gasteiger partial charge in [0.2, 0.25) is 0 Å². The first-order valence-electron chi connectivity index (χ1n) is 5.64. The Balaban J connectivity index is 2.30. The number of nitrogens with one attached hydrogen (secondary N) is 1. The fourth-order valence-corrected chi connectivity index (χ4v) is 3.20. The second-order valence-corrected chi connectivity index (χ2v) is 6.86. The van der Waals surface area contributed by atoms with E-state index in [1.54, 1.807) is 24.3 Å². The summed E-state index contributed by atoms with van der Waals surface area (Å²) in [6, 6.07) is 8.86. The van der Waals surface area contributed by atoms with E-state index in [-0.39, 0.29) is 5.91 Å². The van der Waals surface area contributed by atoms with Gasteiger partial charge in [0.1, 0.15) is 0 Å². The summed E-state index contributed by atoms with van der Waals surface area (Å²) in [4.78, 5) is 12.9. The molecule has 20 heavy (non-hydrogen) atoms. The van der Waals surface area contributed by atoms with Crippen LogP contribution in [0.1, 0.15) is 15.9 Å². The fourth-order valence-electron chi connectivity index (χ4n) is 1.63. The largest absolute Gasteiger partial charge is 0.321 e. The lowest BCUT2D eigenvalue weighted by atomic mass is 10.2. The van der Waals surface area contributed by atoms with Crippen molar-refractivity contribution in [1.29, 1.82) is 0 Å². The van der Waals surface area contributed by atoms with Gasteiger partial charge in [-0.25, -0.2) is 0 Å². The van der Waals surface area contributed by atoms with Crippen molar-refractivity contribution in [1.82, 2.24) is 0 Å². The van der Waals surface area contributed by atoms with Crippen molar-refractivity contribution in [2.24, 2.45) is 0 Å². The first-order chi connectivity index (χ1) is 9.38. The van der Waals surface area contributed by atoms with Crippen LogP contribution in [0.5, 0.6) is 0 Å². The minimum absolute atomic E-state index is 0.233. The van der Waals surface area contributed by atoms with Crippen molar-refractivity contribution >= 4 is 67.7 Å². The number of anilines is 1. The molecule has 1 amide bonds. The zero-order valence-electron chi connectivity index (χ0n) is 10.4. The SMILES string of the molecule is Cc1cc(Br)c(NC(=O)c2ccc(Br)cc2S)cc1Cl. The molecule has 1 N–H and O–H groups in total. The second-order valence-electron chi connectivity index (χ2n) is 4.20. The molecule has 0 saturated heterocycles. The molecule has 0 aromatic heterocycles. The quantitative estimate of drug-likeness (QED) is 0.581. The molecule has 0 aliphatic heterocycles. The van der Waals surface area contributed by atoms with E-state index >= 15 is 0 Å². The third-order valence-electron chi connectivity index (χ3n) is 2.70. The van der Waals surface area contributed by atoms with Gasteiger partial charge in [0.25, 0.3) is 5.91 Å². The van der Waals surface area contributed by atoms with Gasteiger partial charge in [-0.3, -0.25) is 4.79 Å². The van der Waals surface area contributed by atoms with E-state index in [1.165, 1.54) is 0 Å². The van der Waals surface area contributed by atoms with E-state index in [2.05, 4.69) is 49.8 Å². The third-order valence-corrected chi connectivity index (χ3v) is 4.63. The van der Waals surface area contributed by atoms with Gasteiger partial charge < -0.3 is 5.32 Å². The van der Waals surface area contributed by atoms with E-state index in [0.717, 1.165) is 14.5 Å². The summed E-state index contributed by atoms with van der Waals surface area (Å²) < 4.78 is 1.66. The molecule has 2 nitrogen and oxygen atoms in total. The van der Waals surface area contributed by atoms with Crippen LogP contribution >= 0.6 is 56.1 Å². The van der Waals surface area contributed by atoms with Gasteiger partial charge in [0.15, 0.2) is 0 Å². The van der Waals surface area contributed by atoms with E-state index in [1.807, 2.05) is 13.0 Å². The van der Waals surface area contributed by atoms with Crippen molar-refractivity contribution in [2.75, 3.05) is 5.32 Å². The summed E-state index contributed by atoms with van der Waals surface area (Å²) in [7, 11) is 0. The Morgan fingerprint density at radius 1 is 1.25 bits per heavy atom. The number of rotatable bonds is 2. The van der Waals surface area contributed by atoms with Crippen LogP contribution in [0.2, 0.25) is 5.02 Å². The normalized spacial score (nSPS) is 10.4. The molecule has 0 bridgehead atoms. The van der Waals surface area contributed by atoms with Crippen LogP contribution in [-0.4, -0.2) is 5.91 Å². The molecule has 0 atom stereocenters. The number of hydrogen-bond donors (Lipinski definition) is 2. The molecule has 0 spiro atoms. The number of carbonyl (C=O) groups excluding carboxylic acids is 1. The number of benzene rings is 2. The van der Waals surface area contributed by atoms with Crippen LogP contribution in [0.3, 0.4) is 0 Å². The Labute approximate surface area is 144 Å². The number of aryl methyl sites for hydroxylation is 1. The third kappa shape index (κ3) is 3.58. The lowest BCUT2D eigenvalue weighted by molar-refractivity contribution is 0.102. The van der Waals surface area contributed by atoms with E-state index in [9.17, 15) is 4.79 Å². The molecule has 2 aromatic carbocycles. The number of thiol groups is 1. The van der Waals surface area contributed by atoms with Crippen LogP contribution < -0.4 is 5.32 Å². The molecule has 0 unspecified atom stereocenters. The lowest BCUT2D eigenvalue weighted by Crippen LogP contribution is -2.13. The van der Waals surface area contributed by atoms with Gasteiger partial charge in [-0.05, 0) is 58.7 Å².